The predicted molar refractivity (Wildman–Crippen MR) is 136 cm³/mol. The van der Waals surface area contributed by atoms with E-state index < -0.39 is 36.0 Å². The maximum absolute atomic E-state index is 14.1. The first kappa shape index (κ1) is 26.5. The van der Waals surface area contributed by atoms with E-state index in [0.717, 1.165) is 10.5 Å². The third-order valence-electron chi connectivity index (χ3n) is 7.15. The molecule has 0 saturated carbocycles. The fourth-order valence-corrected chi connectivity index (χ4v) is 5.14. The monoisotopic (exact) mass is 566 g/mol. The van der Waals surface area contributed by atoms with Gasteiger partial charge in [0.1, 0.15) is 23.9 Å². The summed E-state index contributed by atoms with van der Waals surface area (Å²) in [6.45, 7) is 1.61. The zero-order valence-corrected chi connectivity index (χ0v) is 22.2. The Hall–Kier alpha value is -4.69. The van der Waals surface area contributed by atoms with Crippen LogP contribution in [0, 0.1) is 0 Å². The van der Waals surface area contributed by atoms with Crippen LogP contribution < -0.4 is 10.1 Å². The first-order chi connectivity index (χ1) is 19.8. The lowest BCUT2D eigenvalue weighted by Gasteiger charge is -2.30. The number of benzene rings is 1. The number of methoxy groups -OCH3 is 1. The van der Waals surface area contributed by atoms with Crippen LogP contribution in [-0.2, 0) is 35.8 Å². The zero-order valence-electron chi connectivity index (χ0n) is 22.2. The van der Waals surface area contributed by atoms with Crippen LogP contribution in [0.15, 0.2) is 47.1 Å². The fourth-order valence-electron chi connectivity index (χ4n) is 5.14. The Morgan fingerprint density at radius 3 is 2.76 bits per heavy atom. The average Bonchev–Trinajstić information content (AvgIpc) is 3.61. The van der Waals surface area contributed by atoms with E-state index in [1.807, 2.05) is 0 Å². The number of furan rings is 1. The minimum absolute atomic E-state index is 0.0891. The molecule has 2 atom stereocenters. The van der Waals surface area contributed by atoms with Crippen molar-refractivity contribution in [3.05, 3.63) is 59.6 Å². The van der Waals surface area contributed by atoms with Crippen molar-refractivity contribution in [2.75, 3.05) is 33.7 Å². The molecule has 1 unspecified atom stereocenters. The molecule has 2 fully saturated rings. The van der Waals surface area contributed by atoms with Crippen LogP contribution in [0.4, 0.5) is 9.59 Å². The number of carbonyl (C=O) groups is 4. The number of ether oxygens (including phenoxy) is 5. The van der Waals surface area contributed by atoms with E-state index >= 15 is 0 Å². The summed E-state index contributed by atoms with van der Waals surface area (Å²) >= 11 is 0. The number of nitrogens with zero attached hydrogens (tertiary/aromatic N) is 3. The van der Waals surface area contributed by atoms with Gasteiger partial charge < -0.3 is 38.3 Å². The van der Waals surface area contributed by atoms with Gasteiger partial charge >= 0.3 is 12.2 Å². The third kappa shape index (κ3) is 4.70. The molecular weight excluding hydrogens is 540 g/mol. The van der Waals surface area contributed by atoms with Crippen LogP contribution in [-0.4, -0.2) is 84.8 Å². The molecule has 0 spiro atoms. The van der Waals surface area contributed by atoms with Gasteiger partial charge in [-0.1, -0.05) is 6.07 Å². The Balaban J connectivity index is 1.29. The number of pyridine rings is 1. The molecule has 0 radical (unpaired) electrons. The van der Waals surface area contributed by atoms with Gasteiger partial charge in [-0.25, -0.2) is 14.5 Å². The quantitative estimate of drug-likeness (QED) is 0.330. The Morgan fingerprint density at radius 2 is 2.00 bits per heavy atom. The minimum Gasteiger partial charge on any atom is -0.497 e. The SMILES string of the molecule is COc1ccc2c(c1)C(=O)N(C[C@@]1(c3cc4cnccc4o3)NC(=O)N(C(C)OC(=O)OC3COCOC3)C1=O)C2. The molecule has 41 heavy (non-hydrogen) atoms. The van der Waals surface area contributed by atoms with Gasteiger partial charge in [0.15, 0.2) is 17.9 Å². The lowest BCUT2D eigenvalue weighted by Crippen LogP contribution is -2.53. The highest BCUT2D eigenvalue weighted by atomic mass is 16.8. The summed E-state index contributed by atoms with van der Waals surface area (Å²) in [6.07, 6.45) is -0.0795. The molecule has 3 aliphatic heterocycles. The number of hydrogen-bond donors (Lipinski definition) is 1. The molecule has 6 rings (SSSR count). The predicted octanol–water partition coefficient (Wildman–Crippen LogP) is 2.11. The molecule has 2 saturated heterocycles. The highest BCUT2D eigenvalue weighted by molar-refractivity contribution is 6.08. The number of aromatic nitrogens is 1. The van der Waals surface area contributed by atoms with Crippen molar-refractivity contribution in [2.24, 2.45) is 0 Å². The van der Waals surface area contributed by atoms with Crippen molar-refractivity contribution >= 4 is 35.0 Å². The van der Waals surface area contributed by atoms with Crippen LogP contribution in [0.2, 0.25) is 0 Å². The summed E-state index contributed by atoms with van der Waals surface area (Å²) in [7, 11) is 1.50. The van der Waals surface area contributed by atoms with Crippen LogP contribution in [0.1, 0.15) is 28.6 Å². The summed E-state index contributed by atoms with van der Waals surface area (Å²) in [6, 6.07) is 7.51. The molecule has 3 aliphatic rings. The van der Waals surface area contributed by atoms with Crippen LogP contribution in [0.25, 0.3) is 11.0 Å². The first-order valence-electron chi connectivity index (χ1n) is 12.8. The Kier molecular flexibility index (Phi) is 6.71. The summed E-state index contributed by atoms with van der Waals surface area (Å²) in [4.78, 5) is 59.6. The Labute approximate surface area is 233 Å². The molecule has 1 aromatic carbocycles. The molecule has 0 aliphatic carbocycles. The largest absolute Gasteiger partial charge is 0.510 e. The van der Waals surface area contributed by atoms with Crippen molar-refractivity contribution in [3.63, 3.8) is 0 Å². The summed E-state index contributed by atoms with van der Waals surface area (Å²) in [5.41, 5.74) is -0.231. The maximum Gasteiger partial charge on any atom is 0.510 e. The second-order valence-electron chi connectivity index (χ2n) is 9.79. The molecule has 4 amide bonds. The van der Waals surface area contributed by atoms with Gasteiger partial charge in [-0.05, 0) is 36.8 Å². The van der Waals surface area contributed by atoms with E-state index in [9.17, 15) is 19.2 Å². The van der Waals surface area contributed by atoms with Crippen molar-refractivity contribution < 1.29 is 47.3 Å². The summed E-state index contributed by atoms with van der Waals surface area (Å²) < 4.78 is 31.9. The summed E-state index contributed by atoms with van der Waals surface area (Å²) in [5, 5.41) is 3.30. The topological polar surface area (TPSA) is 159 Å². The number of nitrogens with one attached hydrogen (secondary N) is 1. The number of hydrogen-bond acceptors (Lipinski definition) is 11. The third-order valence-corrected chi connectivity index (χ3v) is 7.15. The number of fused-ring (bicyclic) bond motifs is 2. The number of rotatable bonds is 7. The molecule has 14 heteroatoms. The molecule has 3 aromatic rings. The van der Waals surface area contributed by atoms with Crippen LogP contribution >= 0.6 is 0 Å². The normalized spacial score (nSPS) is 21.7. The van der Waals surface area contributed by atoms with E-state index in [-0.39, 0.29) is 44.8 Å². The molecular formula is C27H26N4O10. The maximum atomic E-state index is 14.1. The van der Waals surface area contributed by atoms with Gasteiger partial charge in [-0.3, -0.25) is 14.6 Å². The van der Waals surface area contributed by atoms with E-state index in [1.54, 1.807) is 36.5 Å². The molecule has 5 heterocycles. The molecule has 0 bridgehead atoms. The standard InChI is InChI=1S/C27H26N4O10/c1-15(39-26(35)40-19-11-37-14-38-12-19)31-24(33)27(29-25(31)34,22-7-17-9-28-6-5-21(17)41-22)13-30-10-16-3-4-18(36-2)8-20(16)23(30)32/h3-9,15,19H,10-14H2,1-2H3,(H,29,34)/t15?,27-/m0/s1. The fraction of sp³-hybridized carbons (Fsp3) is 0.370. The molecule has 2 aromatic heterocycles. The van der Waals surface area contributed by atoms with Gasteiger partial charge in [0.05, 0.1) is 26.9 Å². The molecule has 214 valence electrons. The van der Waals surface area contributed by atoms with Gasteiger partial charge in [-0.2, -0.15) is 0 Å². The Bertz CT molecular complexity index is 1500. The van der Waals surface area contributed by atoms with Gasteiger partial charge in [0.2, 0.25) is 0 Å². The van der Waals surface area contributed by atoms with E-state index in [0.29, 0.717) is 22.3 Å². The van der Waals surface area contributed by atoms with E-state index in [4.69, 9.17) is 28.1 Å². The lowest BCUT2D eigenvalue weighted by molar-refractivity contribution is -0.162. The molecule has 1 N–H and O–H groups in total. The van der Waals surface area contributed by atoms with Crippen molar-refractivity contribution in [2.45, 2.75) is 31.3 Å². The van der Waals surface area contributed by atoms with Gasteiger partial charge in [-0.15, -0.1) is 0 Å². The van der Waals surface area contributed by atoms with Crippen molar-refractivity contribution in [1.82, 2.24) is 20.1 Å². The molecule has 14 nitrogen and oxygen atoms in total. The number of urea groups is 1. The second-order valence-corrected chi connectivity index (χ2v) is 9.79. The number of amides is 4. The lowest BCUT2D eigenvalue weighted by atomic mass is 9.94. The zero-order chi connectivity index (χ0) is 28.7. The van der Waals surface area contributed by atoms with Crippen LogP contribution in [0.5, 0.6) is 5.75 Å². The number of carbonyl (C=O) groups excluding carboxylic acids is 4. The second kappa shape index (κ2) is 10.4. The summed E-state index contributed by atoms with van der Waals surface area (Å²) in [5.74, 6) is -0.519. The average molecular weight is 567 g/mol. The highest BCUT2D eigenvalue weighted by Gasteiger charge is 2.58. The van der Waals surface area contributed by atoms with E-state index in [1.165, 1.54) is 25.1 Å². The van der Waals surface area contributed by atoms with Gasteiger partial charge in [0, 0.05) is 29.9 Å². The minimum atomic E-state index is -1.83. The van der Waals surface area contributed by atoms with Crippen molar-refractivity contribution in [1.29, 1.82) is 0 Å². The van der Waals surface area contributed by atoms with Gasteiger partial charge in [0.25, 0.3) is 11.8 Å². The first-order valence-corrected chi connectivity index (χ1v) is 12.8. The highest BCUT2D eigenvalue weighted by Crippen LogP contribution is 2.37. The van der Waals surface area contributed by atoms with Crippen molar-refractivity contribution in [3.8, 4) is 5.75 Å². The van der Waals surface area contributed by atoms with Crippen LogP contribution in [0.3, 0.4) is 0 Å². The smallest absolute Gasteiger partial charge is 0.497 e. The van der Waals surface area contributed by atoms with E-state index in [2.05, 4.69) is 10.3 Å². The number of imide groups is 1. The Morgan fingerprint density at radius 1 is 1.20 bits per heavy atom.